The molecular formula is C26H24N5O+. The molecule has 0 radical (unpaired) electrons. The Balaban J connectivity index is 1.39. The molecule has 0 spiro atoms. The van der Waals surface area contributed by atoms with Gasteiger partial charge in [0, 0.05) is 11.5 Å². The Morgan fingerprint density at radius 2 is 1.94 bits per heavy atom. The van der Waals surface area contributed by atoms with Crippen molar-refractivity contribution in [3.63, 3.8) is 0 Å². The number of aliphatic imine (C=N–C) groups is 2. The summed E-state index contributed by atoms with van der Waals surface area (Å²) in [4.78, 5) is 14.0. The summed E-state index contributed by atoms with van der Waals surface area (Å²) in [5.74, 6) is 2.30. The average Bonchev–Trinajstić information content (AvgIpc) is 3.16. The molecule has 2 aromatic carbocycles. The molecule has 1 saturated carbocycles. The number of benzene rings is 2. The first-order chi connectivity index (χ1) is 15.7. The Kier molecular flexibility index (Phi) is 4.48. The van der Waals surface area contributed by atoms with E-state index >= 15 is 0 Å². The summed E-state index contributed by atoms with van der Waals surface area (Å²) in [6.45, 7) is 2.09. The molecule has 158 valence electrons. The van der Waals surface area contributed by atoms with Crippen molar-refractivity contribution in [3.8, 4) is 11.6 Å². The molecule has 1 aromatic heterocycles. The van der Waals surface area contributed by atoms with E-state index in [2.05, 4.69) is 41.7 Å². The summed E-state index contributed by atoms with van der Waals surface area (Å²) in [7, 11) is 0. The number of ether oxygens (including phenoxy) is 1. The summed E-state index contributed by atoms with van der Waals surface area (Å²) in [6.07, 6.45) is 11.4. The first kappa shape index (κ1) is 19.1. The van der Waals surface area contributed by atoms with Gasteiger partial charge in [0.15, 0.2) is 0 Å². The molecule has 3 aromatic rings. The highest BCUT2D eigenvalue weighted by molar-refractivity contribution is 6.02. The van der Waals surface area contributed by atoms with Gasteiger partial charge in [-0.1, -0.05) is 24.3 Å². The lowest BCUT2D eigenvalue weighted by Crippen LogP contribution is -2.61. The van der Waals surface area contributed by atoms with Crippen LogP contribution in [0.15, 0.2) is 88.9 Å². The number of allylic oxidation sites excluding steroid dienone is 1. The molecule has 0 bridgehead atoms. The molecule has 0 amide bonds. The van der Waals surface area contributed by atoms with E-state index in [1.54, 1.807) is 0 Å². The number of aromatic nitrogens is 1. The number of amidine groups is 1. The van der Waals surface area contributed by atoms with Crippen molar-refractivity contribution >= 4 is 23.0 Å². The fourth-order valence-electron chi connectivity index (χ4n) is 4.43. The summed E-state index contributed by atoms with van der Waals surface area (Å²) >= 11 is 0. The molecule has 3 heterocycles. The van der Waals surface area contributed by atoms with Gasteiger partial charge in [-0.05, 0) is 56.0 Å². The molecule has 6 nitrogen and oxygen atoms in total. The van der Waals surface area contributed by atoms with Crippen LogP contribution in [0.25, 0.3) is 10.9 Å². The maximum atomic E-state index is 6.02. The molecular weight excluding hydrogens is 398 g/mol. The Labute approximate surface area is 186 Å². The molecule has 1 aliphatic carbocycles. The van der Waals surface area contributed by atoms with Crippen LogP contribution in [0.5, 0.6) is 11.6 Å². The first-order valence-electron chi connectivity index (χ1n) is 11.0. The smallest absolute Gasteiger partial charge is 0.264 e. The van der Waals surface area contributed by atoms with Crippen LogP contribution < -0.4 is 10.2 Å². The van der Waals surface area contributed by atoms with Gasteiger partial charge in [-0.2, -0.15) is 4.99 Å². The zero-order chi connectivity index (χ0) is 21.5. The van der Waals surface area contributed by atoms with E-state index in [4.69, 9.17) is 14.7 Å². The second-order valence-corrected chi connectivity index (χ2v) is 8.49. The lowest BCUT2D eigenvalue weighted by molar-refractivity contribution is -0.794. The summed E-state index contributed by atoms with van der Waals surface area (Å²) in [6, 6.07) is 18.6. The number of fused-ring (bicyclic) bond motifs is 2. The zero-order valence-corrected chi connectivity index (χ0v) is 17.9. The molecule has 32 heavy (non-hydrogen) atoms. The second kappa shape index (κ2) is 7.51. The number of nitrogens with zero attached hydrogens (tertiary/aromatic N) is 4. The third-order valence-corrected chi connectivity index (χ3v) is 6.35. The molecule has 1 unspecified atom stereocenters. The van der Waals surface area contributed by atoms with E-state index in [0.29, 0.717) is 16.5 Å². The highest BCUT2D eigenvalue weighted by Gasteiger charge is 2.45. The van der Waals surface area contributed by atoms with E-state index < -0.39 is 0 Å². The Morgan fingerprint density at radius 3 is 2.75 bits per heavy atom. The zero-order valence-electron chi connectivity index (χ0n) is 17.9. The summed E-state index contributed by atoms with van der Waals surface area (Å²) in [5.41, 5.74) is 7.87. The lowest BCUT2D eigenvalue weighted by atomic mass is 9.93. The van der Waals surface area contributed by atoms with Crippen molar-refractivity contribution in [2.75, 3.05) is 0 Å². The number of quaternary nitrogens is 1. The molecule has 1 atom stereocenters. The predicted molar refractivity (Wildman–Crippen MR) is 126 cm³/mol. The monoisotopic (exact) mass is 422 g/mol. The minimum absolute atomic E-state index is 0.402. The van der Waals surface area contributed by atoms with Crippen molar-refractivity contribution in [2.24, 2.45) is 9.98 Å². The fourth-order valence-corrected chi connectivity index (χ4v) is 4.43. The molecule has 2 aliphatic heterocycles. The largest absolute Gasteiger partial charge is 0.439 e. The quantitative estimate of drug-likeness (QED) is 0.563. The maximum Gasteiger partial charge on any atom is 0.264 e. The van der Waals surface area contributed by atoms with Crippen molar-refractivity contribution < 1.29 is 9.33 Å². The minimum atomic E-state index is 0.402. The van der Waals surface area contributed by atoms with Crippen LogP contribution in [0.3, 0.4) is 0 Å². The lowest BCUT2D eigenvalue weighted by Gasteiger charge is -2.38. The van der Waals surface area contributed by atoms with Crippen molar-refractivity contribution in [3.05, 3.63) is 90.0 Å². The van der Waals surface area contributed by atoms with Crippen LogP contribution in [0.4, 0.5) is 0 Å². The minimum Gasteiger partial charge on any atom is -0.439 e. The van der Waals surface area contributed by atoms with Gasteiger partial charge >= 0.3 is 0 Å². The van der Waals surface area contributed by atoms with Gasteiger partial charge in [-0.15, -0.1) is 10.0 Å². The van der Waals surface area contributed by atoms with E-state index in [-0.39, 0.29) is 0 Å². The fraction of sp³-hybridized carbons (Fsp3) is 0.192. The molecule has 0 saturated heterocycles. The van der Waals surface area contributed by atoms with E-state index in [9.17, 15) is 0 Å². The number of rotatable bonds is 5. The van der Waals surface area contributed by atoms with Crippen molar-refractivity contribution in [1.82, 2.24) is 10.4 Å². The number of aryl methyl sites for hydroxylation is 1. The number of hydrogen-bond acceptors (Lipinski definition) is 5. The topological polar surface area (TPSA) is 58.9 Å². The summed E-state index contributed by atoms with van der Waals surface area (Å²) < 4.78 is 6.42. The standard InChI is InChI=1S/C26H24N5O/c1-18-14-25(32-22-8-3-2-4-9-22)29-24-15-19(10-11-23(18)24)26-28-17-21-16-27-12-13-31(21,26)30-20-6-5-7-20/h2-4,8-17,20,30H,5-7H2,1H3/q+1. The Morgan fingerprint density at radius 1 is 1.06 bits per heavy atom. The second-order valence-electron chi connectivity index (χ2n) is 8.49. The van der Waals surface area contributed by atoms with Gasteiger partial charge in [0.2, 0.25) is 11.6 Å². The molecule has 6 rings (SSSR count). The van der Waals surface area contributed by atoms with Crippen LogP contribution in [-0.2, 0) is 0 Å². The molecule has 3 aliphatic rings. The van der Waals surface area contributed by atoms with Crippen LogP contribution in [0.1, 0.15) is 30.4 Å². The van der Waals surface area contributed by atoms with Gasteiger partial charge in [-0.25, -0.2) is 4.98 Å². The normalized spacial score (nSPS) is 21.8. The number of para-hydroxylation sites is 1. The van der Waals surface area contributed by atoms with Crippen LogP contribution >= 0.6 is 0 Å². The Bertz CT molecular complexity index is 1320. The highest BCUT2D eigenvalue weighted by atomic mass is 16.5. The first-order valence-corrected chi connectivity index (χ1v) is 11.0. The average molecular weight is 423 g/mol. The van der Waals surface area contributed by atoms with Crippen molar-refractivity contribution in [1.29, 1.82) is 0 Å². The van der Waals surface area contributed by atoms with Gasteiger partial charge in [0.1, 0.15) is 11.9 Å². The maximum absolute atomic E-state index is 6.02. The van der Waals surface area contributed by atoms with E-state index in [1.165, 1.54) is 19.3 Å². The van der Waals surface area contributed by atoms with Gasteiger partial charge in [0.05, 0.1) is 35.7 Å². The van der Waals surface area contributed by atoms with Gasteiger partial charge in [-0.3, -0.25) is 4.99 Å². The van der Waals surface area contributed by atoms with Crippen LogP contribution in [-0.4, -0.2) is 27.7 Å². The predicted octanol–water partition coefficient (Wildman–Crippen LogP) is 5.37. The third kappa shape index (κ3) is 3.16. The van der Waals surface area contributed by atoms with Crippen LogP contribution in [0.2, 0.25) is 0 Å². The number of hydrogen-bond donors (Lipinski definition) is 1. The number of nitrogens with one attached hydrogen (secondary N) is 1. The number of pyridine rings is 1. The van der Waals surface area contributed by atoms with Crippen LogP contribution in [0, 0.1) is 6.92 Å². The molecule has 1 N–H and O–H groups in total. The highest BCUT2D eigenvalue weighted by Crippen LogP contribution is 2.33. The molecule has 6 heteroatoms. The Hall–Kier alpha value is -3.61. The summed E-state index contributed by atoms with van der Waals surface area (Å²) in [5, 5.41) is 1.11. The van der Waals surface area contributed by atoms with Gasteiger partial charge < -0.3 is 4.74 Å². The van der Waals surface area contributed by atoms with E-state index in [0.717, 1.165) is 39.3 Å². The SMILES string of the molecule is Cc1cc(Oc2ccccc2)nc2cc(C3=NC=C4C=NC=C[N+]43NC3CCC3)ccc12. The third-order valence-electron chi connectivity index (χ3n) is 6.35. The molecule has 1 fully saturated rings. The van der Waals surface area contributed by atoms with E-state index in [1.807, 2.05) is 55.0 Å². The van der Waals surface area contributed by atoms with Gasteiger partial charge in [0.25, 0.3) is 5.84 Å². The van der Waals surface area contributed by atoms with Crippen molar-refractivity contribution in [2.45, 2.75) is 32.2 Å².